The number of nitro groups is 1. The Hall–Kier alpha value is -2.92. The smallest absolute Gasteiger partial charge is 0.419 e. The first-order valence-electron chi connectivity index (χ1n) is 11.1. The summed E-state index contributed by atoms with van der Waals surface area (Å²) in [6.07, 6.45) is -0.730. The van der Waals surface area contributed by atoms with Crippen molar-refractivity contribution < 1.29 is 22.9 Å². The monoisotopic (exact) mass is 563 g/mol. The van der Waals surface area contributed by atoms with Crippen LogP contribution in [-0.2, 0) is 14.6 Å². The molecule has 2 aromatic carbocycles. The largest absolute Gasteiger partial charge is 0.443 e. The molecule has 11 heteroatoms. The molecule has 0 atom stereocenters. The number of sulfone groups is 1. The van der Waals surface area contributed by atoms with Gasteiger partial charge in [-0.25, -0.2) is 17.8 Å². The van der Waals surface area contributed by atoms with Gasteiger partial charge >= 0.3 is 6.09 Å². The summed E-state index contributed by atoms with van der Waals surface area (Å²) in [6.45, 7) is 7.50. The predicted octanol–water partition coefficient (Wildman–Crippen LogP) is 5.31. The van der Waals surface area contributed by atoms with Gasteiger partial charge in [0.15, 0.2) is 9.84 Å². The fourth-order valence-electron chi connectivity index (χ4n) is 4.33. The van der Waals surface area contributed by atoms with Crippen LogP contribution in [-0.4, -0.2) is 54.2 Å². The van der Waals surface area contributed by atoms with Gasteiger partial charge in [-0.3, -0.25) is 10.1 Å². The van der Waals surface area contributed by atoms with Crippen molar-refractivity contribution in [2.45, 2.75) is 33.3 Å². The van der Waals surface area contributed by atoms with Gasteiger partial charge in [-0.05, 0) is 54.8 Å². The maximum absolute atomic E-state index is 13.4. The third-order valence-electron chi connectivity index (χ3n) is 5.89. The molecule has 9 nitrogen and oxygen atoms in total. The summed E-state index contributed by atoms with van der Waals surface area (Å²) >= 11 is 3.63. The van der Waals surface area contributed by atoms with Crippen LogP contribution in [0.15, 0.2) is 40.9 Å². The number of nitrogens with zero attached hydrogens (tertiary/aromatic N) is 3. The number of aryl methyl sites for hydroxylation is 1. The molecule has 0 unspecified atom stereocenters. The second kappa shape index (κ2) is 8.94. The Kier molecular flexibility index (Phi) is 6.43. The number of carbonyl (C=O) groups is 1. The molecule has 1 fully saturated rings. The van der Waals surface area contributed by atoms with E-state index in [9.17, 15) is 23.3 Å². The van der Waals surface area contributed by atoms with E-state index in [0.29, 0.717) is 32.4 Å². The van der Waals surface area contributed by atoms with Gasteiger partial charge in [0.05, 0.1) is 26.6 Å². The molecule has 0 saturated carbocycles. The number of benzene rings is 2. The minimum Gasteiger partial charge on any atom is -0.443 e. The molecule has 0 bridgehead atoms. The number of halogens is 1. The van der Waals surface area contributed by atoms with E-state index in [4.69, 9.17) is 4.74 Å². The highest BCUT2D eigenvalue weighted by Gasteiger charge is 2.34. The molecule has 0 spiro atoms. The highest BCUT2D eigenvalue weighted by atomic mass is 79.9. The Bertz CT molecular complexity index is 1430. The van der Waals surface area contributed by atoms with Gasteiger partial charge < -0.3 is 9.64 Å². The van der Waals surface area contributed by atoms with E-state index in [1.807, 2.05) is 42.2 Å². The number of carbonyl (C=O) groups excluding carboxylic acids is 1. The van der Waals surface area contributed by atoms with Crippen molar-refractivity contribution in [3.63, 3.8) is 0 Å². The molecular formula is C24H26BrN3O6S. The lowest BCUT2D eigenvalue weighted by Gasteiger charge is -2.30. The number of hydrogen-bond donors (Lipinski definition) is 0. The number of aromatic nitrogens is 1. The molecule has 0 amide bonds. The summed E-state index contributed by atoms with van der Waals surface area (Å²) in [7, 11) is -3.13. The number of ether oxygens (including phenoxy) is 1. The molecule has 1 aromatic heterocycles. The molecular weight excluding hydrogens is 538 g/mol. The van der Waals surface area contributed by atoms with Crippen LogP contribution in [0.25, 0.3) is 22.2 Å². The third-order valence-corrected chi connectivity index (χ3v) is 8.27. The fraction of sp³-hybridized carbons (Fsp3) is 0.375. The van der Waals surface area contributed by atoms with Crippen LogP contribution in [0.4, 0.5) is 16.2 Å². The van der Waals surface area contributed by atoms with Crippen LogP contribution in [0.3, 0.4) is 0 Å². The summed E-state index contributed by atoms with van der Waals surface area (Å²) in [5.74, 6) is -0.0404. The first-order valence-corrected chi connectivity index (χ1v) is 13.7. The number of anilines is 1. The van der Waals surface area contributed by atoms with Crippen LogP contribution < -0.4 is 4.90 Å². The van der Waals surface area contributed by atoms with Gasteiger partial charge in [-0.15, -0.1) is 0 Å². The van der Waals surface area contributed by atoms with Crippen molar-refractivity contribution in [2.24, 2.45) is 0 Å². The number of fused-ring (bicyclic) bond motifs is 1. The summed E-state index contributed by atoms with van der Waals surface area (Å²) in [6, 6.07) is 10.5. The Morgan fingerprint density at radius 3 is 2.29 bits per heavy atom. The maximum atomic E-state index is 13.4. The van der Waals surface area contributed by atoms with Crippen molar-refractivity contribution >= 4 is 54.1 Å². The molecule has 1 aliphatic rings. The molecule has 0 aliphatic carbocycles. The quantitative estimate of drug-likeness (QED) is 0.313. The summed E-state index contributed by atoms with van der Waals surface area (Å²) in [4.78, 5) is 27.1. The lowest BCUT2D eigenvalue weighted by molar-refractivity contribution is -0.383. The molecule has 1 aliphatic heterocycles. The lowest BCUT2D eigenvalue weighted by Crippen LogP contribution is -2.40. The normalized spacial score (nSPS) is 15.9. The summed E-state index contributed by atoms with van der Waals surface area (Å²) in [5, 5.41) is 12.8. The van der Waals surface area contributed by atoms with Crippen LogP contribution in [0.5, 0.6) is 0 Å². The topological polar surface area (TPSA) is 112 Å². The maximum Gasteiger partial charge on any atom is 0.419 e. The average molecular weight is 564 g/mol. The minimum absolute atomic E-state index is 0.0202. The van der Waals surface area contributed by atoms with Crippen LogP contribution >= 0.6 is 15.9 Å². The number of non-ortho nitro benzene ring substituents is 1. The zero-order valence-electron chi connectivity index (χ0n) is 19.9. The van der Waals surface area contributed by atoms with E-state index < -0.39 is 26.5 Å². The van der Waals surface area contributed by atoms with Gasteiger partial charge in [0.25, 0.3) is 5.69 Å². The molecule has 186 valence electrons. The van der Waals surface area contributed by atoms with E-state index >= 15 is 0 Å². The fourth-order valence-corrected chi connectivity index (χ4v) is 6.42. The van der Waals surface area contributed by atoms with Crippen molar-refractivity contribution in [2.75, 3.05) is 29.5 Å². The standard InChI is InChI=1S/C24H26BrN3O6S/c1-15-17(26-10-12-35(32,33)13-11-26)14-18(28(30)31)22-19(15)20(25)21(16-8-6-5-7-9-16)27(22)23(29)34-24(2,3)4/h5-9,14H,10-13H2,1-4H3. The summed E-state index contributed by atoms with van der Waals surface area (Å²) in [5.41, 5.74) is 1.44. The van der Waals surface area contributed by atoms with E-state index in [1.165, 1.54) is 10.6 Å². The number of hydrogen-bond acceptors (Lipinski definition) is 7. The van der Waals surface area contributed by atoms with E-state index in [0.717, 1.165) is 0 Å². The lowest BCUT2D eigenvalue weighted by atomic mass is 10.1. The molecule has 0 radical (unpaired) electrons. The Morgan fingerprint density at radius 2 is 1.74 bits per heavy atom. The van der Waals surface area contributed by atoms with Crippen molar-refractivity contribution in [1.82, 2.24) is 4.57 Å². The van der Waals surface area contributed by atoms with Gasteiger partial charge in [0, 0.05) is 30.2 Å². The zero-order valence-corrected chi connectivity index (χ0v) is 22.3. The number of nitro benzene ring substituents is 1. The minimum atomic E-state index is -3.13. The van der Waals surface area contributed by atoms with E-state index in [2.05, 4.69) is 15.9 Å². The Labute approximate surface area is 211 Å². The van der Waals surface area contributed by atoms with Crippen LogP contribution in [0.2, 0.25) is 0 Å². The molecule has 2 heterocycles. The zero-order chi connectivity index (χ0) is 25.7. The van der Waals surface area contributed by atoms with Gasteiger partial charge in [0.2, 0.25) is 0 Å². The molecule has 3 aromatic rings. The second-order valence-corrected chi connectivity index (χ2v) is 12.6. The second-order valence-electron chi connectivity index (χ2n) is 9.50. The number of rotatable bonds is 3. The van der Waals surface area contributed by atoms with Crippen molar-refractivity contribution in [3.8, 4) is 11.3 Å². The van der Waals surface area contributed by atoms with E-state index in [1.54, 1.807) is 20.8 Å². The summed E-state index contributed by atoms with van der Waals surface area (Å²) < 4.78 is 31.3. The van der Waals surface area contributed by atoms with Gasteiger partial charge in [-0.1, -0.05) is 30.3 Å². The first-order chi connectivity index (χ1) is 16.3. The SMILES string of the molecule is Cc1c(N2CCS(=O)(=O)CC2)cc([N+](=O)[O-])c2c1c(Br)c(-c1ccccc1)n2C(=O)OC(C)(C)C. The Balaban J connectivity index is 2.06. The molecule has 1 saturated heterocycles. The Morgan fingerprint density at radius 1 is 1.14 bits per heavy atom. The molecule has 0 N–H and O–H groups in total. The highest BCUT2D eigenvalue weighted by molar-refractivity contribution is 9.10. The first kappa shape index (κ1) is 25.2. The average Bonchev–Trinajstić information content (AvgIpc) is 3.07. The third kappa shape index (κ3) is 4.79. The highest BCUT2D eigenvalue weighted by Crippen LogP contribution is 2.46. The van der Waals surface area contributed by atoms with Crippen LogP contribution in [0.1, 0.15) is 26.3 Å². The molecule has 35 heavy (non-hydrogen) atoms. The van der Waals surface area contributed by atoms with Gasteiger partial charge in [-0.2, -0.15) is 0 Å². The van der Waals surface area contributed by atoms with E-state index in [-0.39, 0.29) is 35.8 Å². The van der Waals surface area contributed by atoms with Crippen molar-refractivity contribution in [3.05, 3.63) is 56.5 Å². The van der Waals surface area contributed by atoms with Gasteiger partial charge in [0.1, 0.15) is 11.1 Å². The van der Waals surface area contributed by atoms with Crippen molar-refractivity contribution in [1.29, 1.82) is 0 Å². The van der Waals surface area contributed by atoms with Crippen LogP contribution in [0, 0.1) is 17.0 Å². The molecule has 4 rings (SSSR count). The predicted molar refractivity (Wildman–Crippen MR) is 139 cm³/mol.